The van der Waals surface area contributed by atoms with Gasteiger partial charge in [0, 0.05) is 29.7 Å². The standard InChI is InChI=1S/C15H19ClN2O/c1-10-12-6-7-18(8-12)9-14(10)17-15(19)11-2-4-13(16)5-3-11/h2-5,10,12,14H,6-9H2,1H3,(H,17,19). The van der Waals surface area contributed by atoms with Crippen LogP contribution in [0.1, 0.15) is 23.7 Å². The first-order valence-electron chi connectivity index (χ1n) is 6.92. The number of hydrogen-bond donors (Lipinski definition) is 1. The molecule has 0 aromatic heterocycles. The molecule has 2 heterocycles. The molecule has 0 saturated carbocycles. The van der Waals surface area contributed by atoms with Crippen molar-refractivity contribution in [2.75, 3.05) is 19.6 Å². The molecule has 19 heavy (non-hydrogen) atoms. The van der Waals surface area contributed by atoms with E-state index in [-0.39, 0.29) is 11.9 Å². The molecule has 2 saturated heterocycles. The number of fused-ring (bicyclic) bond motifs is 2. The normalized spacial score (nSPS) is 33.2. The van der Waals surface area contributed by atoms with Crippen molar-refractivity contribution in [1.82, 2.24) is 10.2 Å². The number of carbonyl (C=O) groups is 1. The maximum absolute atomic E-state index is 12.2. The zero-order valence-electron chi connectivity index (χ0n) is 11.1. The average Bonchev–Trinajstić information content (AvgIpc) is 2.80. The molecule has 4 heteroatoms. The van der Waals surface area contributed by atoms with E-state index in [1.807, 2.05) is 0 Å². The Morgan fingerprint density at radius 2 is 2.05 bits per heavy atom. The zero-order valence-corrected chi connectivity index (χ0v) is 11.9. The van der Waals surface area contributed by atoms with Crippen LogP contribution in [0.15, 0.2) is 24.3 Å². The molecule has 1 N–H and O–H groups in total. The van der Waals surface area contributed by atoms with E-state index in [2.05, 4.69) is 17.1 Å². The van der Waals surface area contributed by atoms with Crippen LogP contribution in [0, 0.1) is 11.8 Å². The van der Waals surface area contributed by atoms with Gasteiger partial charge in [-0.25, -0.2) is 0 Å². The van der Waals surface area contributed by atoms with Gasteiger partial charge in [0.05, 0.1) is 0 Å². The van der Waals surface area contributed by atoms with E-state index < -0.39 is 0 Å². The van der Waals surface area contributed by atoms with Crippen LogP contribution < -0.4 is 5.32 Å². The molecule has 2 bridgehead atoms. The van der Waals surface area contributed by atoms with Crippen molar-refractivity contribution >= 4 is 17.5 Å². The molecular formula is C15H19ClN2O. The van der Waals surface area contributed by atoms with Gasteiger partial charge in [-0.05, 0) is 49.1 Å². The smallest absolute Gasteiger partial charge is 0.251 e. The summed E-state index contributed by atoms with van der Waals surface area (Å²) in [6.45, 7) is 5.63. The van der Waals surface area contributed by atoms with Gasteiger partial charge in [-0.3, -0.25) is 4.79 Å². The monoisotopic (exact) mass is 278 g/mol. The van der Waals surface area contributed by atoms with Crippen LogP contribution in [0.25, 0.3) is 0 Å². The summed E-state index contributed by atoms with van der Waals surface area (Å²) in [5.74, 6) is 1.32. The fraction of sp³-hybridized carbons (Fsp3) is 0.533. The molecular weight excluding hydrogens is 260 g/mol. The molecule has 3 nitrogen and oxygen atoms in total. The molecule has 0 radical (unpaired) electrons. The molecule has 2 aliphatic rings. The number of piperidine rings is 1. The maximum atomic E-state index is 12.2. The van der Waals surface area contributed by atoms with Crippen LogP contribution in [0.4, 0.5) is 0 Å². The third-order valence-corrected chi connectivity index (χ3v) is 4.82. The first-order chi connectivity index (χ1) is 9.13. The third kappa shape index (κ3) is 2.63. The lowest BCUT2D eigenvalue weighted by Crippen LogP contribution is -2.51. The Hall–Kier alpha value is -1.06. The Kier molecular flexibility index (Phi) is 3.50. The molecule has 2 fully saturated rings. The molecule has 1 aromatic rings. The first-order valence-corrected chi connectivity index (χ1v) is 7.30. The molecule has 102 valence electrons. The number of rotatable bonds is 2. The molecule has 1 amide bonds. The quantitative estimate of drug-likeness (QED) is 0.901. The Bertz CT molecular complexity index is 474. The molecule has 2 aliphatic heterocycles. The van der Waals surface area contributed by atoms with Crippen LogP contribution in [0.3, 0.4) is 0 Å². The highest BCUT2D eigenvalue weighted by atomic mass is 35.5. The van der Waals surface area contributed by atoms with Crippen molar-refractivity contribution in [3.63, 3.8) is 0 Å². The highest BCUT2D eigenvalue weighted by Crippen LogP contribution is 2.32. The minimum absolute atomic E-state index is 0.0102. The maximum Gasteiger partial charge on any atom is 0.251 e. The average molecular weight is 279 g/mol. The summed E-state index contributed by atoms with van der Waals surface area (Å²) in [5, 5.41) is 3.84. The van der Waals surface area contributed by atoms with Gasteiger partial charge in [0.1, 0.15) is 0 Å². The Labute approximate surface area is 118 Å². The first kappa shape index (κ1) is 12.9. The third-order valence-electron chi connectivity index (χ3n) is 4.56. The second kappa shape index (κ2) is 5.14. The van der Waals surface area contributed by atoms with E-state index in [9.17, 15) is 4.79 Å². The van der Waals surface area contributed by atoms with E-state index in [4.69, 9.17) is 11.6 Å². The molecule has 4 unspecified atom stereocenters. The number of carbonyl (C=O) groups excluding carboxylic acids is 1. The summed E-state index contributed by atoms with van der Waals surface area (Å²) in [5.41, 5.74) is 0.685. The summed E-state index contributed by atoms with van der Waals surface area (Å²) in [4.78, 5) is 14.7. The molecule has 0 aliphatic carbocycles. The predicted molar refractivity (Wildman–Crippen MR) is 76.4 cm³/mol. The lowest BCUT2D eigenvalue weighted by molar-refractivity contribution is 0.0866. The predicted octanol–water partition coefficient (Wildman–Crippen LogP) is 2.41. The van der Waals surface area contributed by atoms with Gasteiger partial charge in [-0.15, -0.1) is 0 Å². The van der Waals surface area contributed by atoms with Gasteiger partial charge in [0.25, 0.3) is 5.91 Å². The van der Waals surface area contributed by atoms with Gasteiger partial charge in [0.2, 0.25) is 0 Å². The Morgan fingerprint density at radius 3 is 2.79 bits per heavy atom. The van der Waals surface area contributed by atoms with Crippen LogP contribution >= 0.6 is 11.6 Å². The van der Waals surface area contributed by atoms with Crippen molar-refractivity contribution in [2.24, 2.45) is 11.8 Å². The van der Waals surface area contributed by atoms with Crippen LogP contribution in [0.5, 0.6) is 0 Å². The fourth-order valence-corrected chi connectivity index (χ4v) is 3.39. The molecule has 1 aromatic carbocycles. The topological polar surface area (TPSA) is 32.3 Å². The number of nitrogens with one attached hydrogen (secondary N) is 1. The lowest BCUT2D eigenvalue weighted by atomic mass is 9.85. The van der Waals surface area contributed by atoms with E-state index in [1.165, 1.54) is 19.5 Å². The molecule has 4 atom stereocenters. The van der Waals surface area contributed by atoms with Gasteiger partial charge < -0.3 is 10.2 Å². The van der Waals surface area contributed by atoms with E-state index in [1.54, 1.807) is 24.3 Å². The van der Waals surface area contributed by atoms with Crippen molar-refractivity contribution in [3.05, 3.63) is 34.9 Å². The Balaban J connectivity index is 1.67. The van der Waals surface area contributed by atoms with Gasteiger partial charge >= 0.3 is 0 Å². The number of nitrogens with zero attached hydrogens (tertiary/aromatic N) is 1. The largest absolute Gasteiger partial charge is 0.348 e. The van der Waals surface area contributed by atoms with Crippen molar-refractivity contribution in [2.45, 2.75) is 19.4 Å². The highest BCUT2D eigenvalue weighted by molar-refractivity contribution is 6.30. The van der Waals surface area contributed by atoms with Crippen molar-refractivity contribution in [3.8, 4) is 0 Å². The number of halogens is 1. The summed E-state index contributed by atoms with van der Waals surface area (Å²) < 4.78 is 0. The fourth-order valence-electron chi connectivity index (χ4n) is 3.26. The van der Waals surface area contributed by atoms with E-state index in [0.29, 0.717) is 16.5 Å². The summed E-state index contributed by atoms with van der Waals surface area (Å²) in [6.07, 6.45) is 1.27. The molecule has 0 spiro atoms. The van der Waals surface area contributed by atoms with Crippen LogP contribution in [0.2, 0.25) is 5.02 Å². The van der Waals surface area contributed by atoms with E-state index >= 15 is 0 Å². The van der Waals surface area contributed by atoms with Crippen molar-refractivity contribution < 1.29 is 4.79 Å². The Morgan fingerprint density at radius 1 is 1.32 bits per heavy atom. The number of hydrogen-bond acceptors (Lipinski definition) is 2. The second-order valence-corrected chi connectivity index (χ2v) is 6.19. The SMILES string of the molecule is CC1C2CCN(C2)CC1NC(=O)c1ccc(Cl)cc1. The summed E-state index contributed by atoms with van der Waals surface area (Å²) in [7, 11) is 0. The minimum Gasteiger partial charge on any atom is -0.348 e. The number of benzene rings is 1. The zero-order chi connectivity index (χ0) is 13.4. The van der Waals surface area contributed by atoms with Crippen LogP contribution in [-0.2, 0) is 0 Å². The summed E-state index contributed by atoms with van der Waals surface area (Å²) in [6, 6.07) is 7.34. The van der Waals surface area contributed by atoms with Crippen LogP contribution in [-0.4, -0.2) is 36.5 Å². The van der Waals surface area contributed by atoms with Gasteiger partial charge in [-0.1, -0.05) is 18.5 Å². The summed E-state index contributed by atoms with van der Waals surface area (Å²) >= 11 is 5.84. The second-order valence-electron chi connectivity index (χ2n) is 5.75. The highest BCUT2D eigenvalue weighted by Gasteiger charge is 2.38. The van der Waals surface area contributed by atoms with Crippen molar-refractivity contribution in [1.29, 1.82) is 0 Å². The van der Waals surface area contributed by atoms with Gasteiger partial charge in [0.15, 0.2) is 0 Å². The van der Waals surface area contributed by atoms with Gasteiger partial charge in [-0.2, -0.15) is 0 Å². The number of amides is 1. The van der Waals surface area contributed by atoms with E-state index in [0.717, 1.165) is 12.5 Å². The minimum atomic E-state index is 0.0102. The lowest BCUT2D eigenvalue weighted by Gasteiger charge is -2.36. The molecule has 3 rings (SSSR count).